The van der Waals surface area contributed by atoms with Gasteiger partial charge in [-0.3, -0.25) is 4.90 Å². The first-order chi connectivity index (χ1) is 20.1. The molecule has 1 aliphatic heterocycles. The Labute approximate surface area is 238 Å². The first-order valence-corrected chi connectivity index (χ1v) is 13.5. The lowest BCUT2D eigenvalue weighted by Gasteiger charge is -2.33. The van der Waals surface area contributed by atoms with Crippen molar-refractivity contribution < 1.29 is 22.4 Å². The molecule has 2 aliphatic rings. The standard InChI is InChI=1S/C28H29F4N9O/c1-39-8-10-40(11-9-39)14-18-4-6-19(13-20(18)28(30,31)32)36-27(42)37-22-7-5-17(12-21(22)29)23-24-25(33)34-15-35-41(24)26(38-23)16-2-3-16/h4-7,12-13,15-16H,2-3,8-11,14H2,1H3,(H2,33,34,35)(H2,36,37,42). The summed E-state index contributed by atoms with van der Waals surface area (Å²) in [6.07, 6.45) is -1.33. The van der Waals surface area contributed by atoms with Crippen molar-refractivity contribution in [2.45, 2.75) is 31.5 Å². The minimum absolute atomic E-state index is 0.0634. The highest BCUT2D eigenvalue weighted by Crippen LogP contribution is 2.42. The summed E-state index contributed by atoms with van der Waals surface area (Å²) in [6.45, 7) is 3.04. The van der Waals surface area contributed by atoms with Crippen LogP contribution in [0, 0.1) is 5.82 Å². The van der Waals surface area contributed by atoms with Gasteiger partial charge in [-0.2, -0.15) is 18.3 Å². The fraction of sp³-hybridized carbons (Fsp3) is 0.357. The first-order valence-electron chi connectivity index (χ1n) is 13.5. The number of aromatic nitrogens is 4. The van der Waals surface area contributed by atoms with Crippen LogP contribution in [-0.4, -0.2) is 68.6 Å². The lowest BCUT2D eigenvalue weighted by molar-refractivity contribution is -0.138. The summed E-state index contributed by atoms with van der Waals surface area (Å²) in [7, 11) is 1.97. The van der Waals surface area contributed by atoms with Crippen molar-refractivity contribution in [3.8, 4) is 11.3 Å². The summed E-state index contributed by atoms with van der Waals surface area (Å²) in [5, 5.41) is 9.01. The molecule has 2 aromatic carbocycles. The largest absolute Gasteiger partial charge is 0.416 e. The summed E-state index contributed by atoms with van der Waals surface area (Å²) in [4.78, 5) is 25.4. The van der Waals surface area contributed by atoms with Crippen LogP contribution in [0.1, 0.15) is 35.7 Å². The van der Waals surface area contributed by atoms with Gasteiger partial charge in [0.15, 0.2) is 5.82 Å². The molecule has 220 valence electrons. The molecule has 1 saturated heterocycles. The predicted octanol–water partition coefficient (Wildman–Crippen LogP) is 4.80. The number of carbonyl (C=O) groups is 1. The number of likely N-dealkylation sites (N-methyl/N-ethyl adjacent to an activating group) is 1. The molecule has 2 fully saturated rings. The Bertz CT molecular complexity index is 1640. The maximum atomic E-state index is 15.1. The topological polar surface area (TPSA) is 117 Å². The highest BCUT2D eigenvalue weighted by atomic mass is 19.4. The van der Waals surface area contributed by atoms with Gasteiger partial charge in [0, 0.05) is 49.9 Å². The number of nitrogens with one attached hydrogen (secondary N) is 2. The predicted molar refractivity (Wildman–Crippen MR) is 149 cm³/mol. The third-order valence-corrected chi connectivity index (χ3v) is 7.58. The fourth-order valence-corrected chi connectivity index (χ4v) is 5.14. The molecule has 2 aromatic heterocycles. The third kappa shape index (κ3) is 5.72. The number of anilines is 3. The van der Waals surface area contributed by atoms with Gasteiger partial charge in [-0.05, 0) is 49.7 Å². The summed E-state index contributed by atoms with van der Waals surface area (Å²) in [5.74, 6) is 0.414. The van der Waals surface area contributed by atoms with Crippen LogP contribution >= 0.6 is 0 Å². The van der Waals surface area contributed by atoms with Crippen LogP contribution in [0.5, 0.6) is 0 Å². The van der Waals surface area contributed by atoms with Crippen LogP contribution in [0.15, 0.2) is 42.7 Å². The number of alkyl halides is 3. The van der Waals surface area contributed by atoms with E-state index in [2.05, 4.69) is 30.6 Å². The molecule has 10 nitrogen and oxygen atoms in total. The lowest BCUT2D eigenvalue weighted by atomic mass is 10.0. The average Bonchev–Trinajstić information content (AvgIpc) is 3.71. The summed E-state index contributed by atoms with van der Waals surface area (Å²) < 4.78 is 58.5. The number of nitrogens with two attached hydrogens (primary N) is 1. The average molecular weight is 584 g/mol. The fourth-order valence-electron chi connectivity index (χ4n) is 5.14. The van der Waals surface area contributed by atoms with Crippen molar-refractivity contribution >= 4 is 28.7 Å². The number of carbonyl (C=O) groups excluding carboxylic acids is 1. The molecule has 0 atom stereocenters. The Morgan fingerprint density at radius 3 is 2.52 bits per heavy atom. The number of rotatable bonds is 6. The molecule has 3 heterocycles. The number of nitrogens with zero attached hydrogens (tertiary/aromatic N) is 6. The van der Waals surface area contributed by atoms with Crippen molar-refractivity contribution in [3.05, 3.63) is 65.5 Å². The van der Waals surface area contributed by atoms with Gasteiger partial charge in [-0.25, -0.2) is 23.7 Å². The Hall–Kier alpha value is -4.30. The van der Waals surface area contributed by atoms with E-state index in [1.165, 1.54) is 30.6 Å². The third-order valence-electron chi connectivity index (χ3n) is 7.58. The summed E-state index contributed by atoms with van der Waals surface area (Å²) in [5.41, 5.74) is 6.47. The van der Waals surface area contributed by atoms with Gasteiger partial charge in [0.25, 0.3) is 0 Å². The lowest BCUT2D eigenvalue weighted by Crippen LogP contribution is -2.44. The number of imidazole rings is 1. The van der Waals surface area contributed by atoms with E-state index in [0.717, 1.165) is 37.8 Å². The molecule has 2 amide bonds. The van der Waals surface area contributed by atoms with E-state index in [1.807, 2.05) is 11.9 Å². The molecule has 1 saturated carbocycles. The van der Waals surface area contributed by atoms with E-state index in [9.17, 15) is 18.0 Å². The molecule has 0 bridgehead atoms. The highest BCUT2D eigenvalue weighted by molar-refractivity contribution is 6.00. The minimum atomic E-state index is -4.61. The van der Waals surface area contributed by atoms with Gasteiger partial charge in [-0.1, -0.05) is 12.1 Å². The van der Waals surface area contributed by atoms with E-state index in [4.69, 9.17) is 5.73 Å². The number of hydrogen-bond acceptors (Lipinski definition) is 7. The van der Waals surface area contributed by atoms with E-state index in [-0.39, 0.29) is 35.2 Å². The molecule has 4 N–H and O–H groups in total. The molecular weight excluding hydrogens is 554 g/mol. The maximum Gasteiger partial charge on any atom is 0.416 e. The Morgan fingerprint density at radius 2 is 1.83 bits per heavy atom. The zero-order valence-electron chi connectivity index (χ0n) is 22.7. The maximum absolute atomic E-state index is 15.1. The van der Waals surface area contributed by atoms with Crippen LogP contribution in [0.2, 0.25) is 0 Å². The van der Waals surface area contributed by atoms with Crippen LogP contribution in [0.25, 0.3) is 16.8 Å². The number of halogens is 4. The molecule has 14 heteroatoms. The van der Waals surface area contributed by atoms with Gasteiger partial charge in [0.05, 0.1) is 11.3 Å². The number of amides is 2. The first kappa shape index (κ1) is 27.8. The van der Waals surface area contributed by atoms with Crippen LogP contribution in [0.4, 0.5) is 39.5 Å². The monoisotopic (exact) mass is 583 g/mol. The zero-order chi connectivity index (χ0) is 29.6. The number of urea groups is 1. The van der Waals surface area contributed by atoms with Crippen molar-refractivity contribution in [3.63, 3.8) is 0 Å². The highest BCUT2D eigenvalue weighted by Gasteiger charge is 2.34. The molecule has 42 heavy (non-hydrogen) atoms. The Balaban J connectivity index is 1.18. The van der Waals surface area contributed by atoms with Crippen LogP contribution in [-0.2, 0) is 12.7 Å². The molecule has 0 unspecified atom stereocenters. The second-order valence-corrected chi connectivity index (χ2v) is 10.7. The number of piperazine rings is 1. The number of hydrogen-bond donors (Lipinski definition) is 3. The summed E-state index contributed by atoms with van der Waals surface area (Å²) in [6, 6.07) is 6.92. The second-order valence-electron chi connectivity index (χ2n) is 10.7. The SMILES string of the molecule is CN1CCN(Cc2ccc(NC(=O)Nc3ccc(-c4nc(C5CC5)n5ncnc(N)c45)cc3F)cc2C(F)(F)F)CC1. The van der Waals surface area contributed by atoms with Crippen LogP contribution in [0.3, 0.4) is 0 Å². The van der Waals surface area contributed by atoms with Gasteiger partial charge < -0.3 is 21.3 Å². The minimum Gasteiger partial charge on any atom is -0.382 e. The molecule has 6 rings (SSSR count). The van der Waals surface area contributed by atoms with Gasteiger partial charge in [-0.15, -0.1) is 0 Å². The van der Waals surface area contributed by atoms with Crippen molar-refractivity contribution in [1.82, 2.24) is 29.4 Å². The van der Waals surface area contributed by atoms with Crippen LogP contribution < -0.4 is 16.4 Å². The summed E-state index contributed by atoms with van der Waals surface area (Å²) >= 11 is 0. The Kier molecular flexibility index (Phi) is 7.19. The van der Waals surface area contributed by atoms with Gasteiger partial charge in [0.2, 0.25) is 0 Å². The molecule has 0 spiro atoms. The van der Waals surface area contributed by atoms with E-state index in [1.54, 1.807) is 10.6 Å². The Morgan fingerprint density at radius 1 is 1.07 bits per heavy atom. The van der Waals surface area contributed by atoms with Crippen molar-refractivity contribution in [2.75, 3.05) is 49.6 Å². The normalized spacial score (nSPS) is 16.6. The number of benzene rings is 2. The van der Waals surface area contributed by atoms with Crippen molar-refractivity contribution in [1.29, 1.82) is 0 Å². The number of fused-ring (bicyclic) bond motifs is 1. The van der Waals surface area contributed by atoms with E-state index >= 15 is 4.39 Å². The molecule has 0 radical (unpaired) electrons. The smallest absolute Gasteiger partial charge is 0.382 e. The zero-order valence-corrected chi connectivity index (χ0v) is 22.7. The van der Waals surface area contributed by atoms with E-state index < -0.39 is 23.6 Å². The van der Waals surface area contributed by atoms with Gasteiger partial charge >= 0.3 is 12.2 Å². The molecule has 1 aliphatic carbocycles. The van der Waals surface area contributed by atoms with Gasteiger partial charge in [0.1, 0.15) is 29.2 Å². The van der Waals surface area contributed by atoms with Crippen molar-refractivity contribution in [2.24, 2.45) is 0 Å². The quantitative estimate of drug-likeness (QED) is 0.279. The second kappa shape index (κ2) is 10.8. The number of nitrogen functional groups attached to an aromatic ring is 1. The van der Waals surface area contributed by atoms with E-state index in [0.29, 0.717) is 29.9 Å². The molecular formula is C28H29F4N9O. The molecule has 4 aromatic rings.